The van der Waals surface area contributed by atoms with Crippen LogP contribution < -0.4 is 10.6 Å². The molecular weight excluding hydrogens is 512 g/mol. The molecule has 3 aromatic rings. The van der Waals surface area contributed by atoms with Gasteiger partial charge < -0.3 is 20.5 Å². The summed E-state index contributed by atoms with van der Waals surface area (Å²) < 4.78 is 6.18. The predicted octanol–water partition coefficient (Wildman–Crippen LogP) is 5.65. The molecule has 1 aliphatic carbocycles. The number of alkyl carbamates (subject to hydrolysis) is 1. The minimum atomic E-state index is -1.17. The number of carbonyl (C=O) groups is 3. The second-order valence-corrected chi connectivity index (χ2v) is 9.59. The molecule has 0 aliphatic heterocycles. The number of hydrogen-bond acceptors (Lipinski definition) is 4. The van der Waals surface area contributed by atoms with E-state index in [0.29, 0.717) is 4.47 Å². The van der Waals surface area contributed by atoms with Crippen molar-refractivity contribution in [2.45, 2.75) is 25.8 Å². The summed E-state index contributed by atoms with van der Waals surface area (Å²) in [7, 11) is 0. The second-order valence-electron chi connectivity index (χ2n) is 8.68. The maximum absolute atomic E-state index is 13.0. The number of ether oxygens (including phenoxy) is 1. The zero-order valence-corrected chi connectivity index (χ0v) is 20.8. The molecule has 1 aliphatic rings. The van der Waals surface area contributed by atoms with Crippen molar-refractivity contribution in [3.8, 4) is 11.1 Å². The first kappa shape index (κ1) is 24.5. The van der Waals surface area contributed by atoms with Crippen molar-refractivity contribution in [3.05, 3.63) is 87.9 Å². The van der Waals surface area contributed by atoms with E-state index >= 15 is 0 Å². The molecule has 180 valence electrons. The molecule has 0 heterocycles. The molecule has 0 radical (unpaired) electrons. The third kappa shape index (κ3) is 5.22. The van der Waals surface area contributed by atoms with Crippen LogP contribution in [0.3, 0.4) is 0 Å². The van der Waals surface area contributed by atoms with Crippen LogP contribution in [0.1, 0.15) is 41.3 Å². The van der Waals surface area contributed by atoms with Crippen molar-refractivity contribution in [1.29, 1.82) is 0 Å². The summed E-state index contributed by atoms with van der Waals surface area (Å²) in [6.45, 7) is 3.70. The quantitative estimate of drug-likeness (QED) is 0.362. The van der Waals surface area contributed by atoms with E-state index in [1.807, 2.05) is 36.4 Å². The monoisotopic (exact) mass is 536 g/mol. The Bertz CT molecular complexity index is 1240. The zero-order chi connectivity index (χ0) is 25.1. The average Bonchev–Trinajstić information content (AvgIpc) is 3.14. The fourth-order valence-electron chi connectivity index (χ4n) is 4.32. The lowest BCUT2D eigenvalue weighted by molar-refractivity contribution is -0.119. The number of anilines is 1. The fourth-order valence-corrected chi connectivity index (χ4v) is 4.68. The Morgan fingerprint density at radius 1 is 0.971 bits per heavy atom. The normalized spacial score (nSPS) is 13.0. The van der Waals surface area contributed by atoms with Gasteiger partial charge in [-0.05, 0) is 46.4 Å². The number of carboxylic acid groups (broad SMARTS) is 1. The van der Waals surface area contributed by atoms with Crippen LogP contribution in [0.15, 0.2) is 71.2 Å². The van der Waals surface area contributed by atoms with E-state index in [9.17, 15) is 19.5 Å². The van der Waals surface area contributed by atoms with Crippen molar-refractivity contribution < 1.29 is 24.2 Å². The van der Waals surface area contributed by atoms with E-state index in [-0.39, 0.29) is 29.7 Å². The van der Waals surface area contributed by atoms with Gasteiger partial charge in [-0.1, -0.05) is 78.3 Å². The van der Waals surface area contributed by atoms with E-state index in [1.54, 1.807) is 19.9 Å². The van der Waals surface area contributed by atoms with Gasteiger partial charge in [-0.3, -0.25) is 4.79 Å². The molecule has 3 aromatic carbocycles. The van der Waals surface area contributed by atoms with Gasteiger partial charge in [-0.25, -0.2) is 9.59 Å². The molecule has 35 heavy (non-hydrogen) atoms. The van der Waals surface area contributed by atoms with Crippen LogP contribution in [0, 0.1) is 5.92 Å². The van der Waals surface area contributed by atoms with Crippen LogP contribution in [0.5, 0.6) is 0 Å². The molecule has 0 fully saturated rings. The van der Waals surface area contributed by atoms with Gasteiger partial charge >= 0.3 is 12.1 Å². The van der Waals surface area contributed by atoms with E-state index in [1.165, 1.54) is 12.1 Å². The standard InChI is InChI=1S/C27H25BrN2O5/c1-15(2)24(25(31)29-23-13-16(28)11-12-21(23)26(32)33)30-27(34)35-14-22-19-9-5-3-7-17(19)18-8-4-6-10-20(18)22/h3-13,15,22,24H,14H2,1-2H3,(H,29,31)(H,30,34)(H,32,33)/t24-/m1/s1. The highest BCUT2D eigenvalue weighted by atomic mass is 79.9. The first-order valence-corrected chi connectivity index (χ1v) is 12.0. The third-order valence-corrected chi connectivity index (χ3v) is 6.53. The molecular formula is C27H25BrN2O5. The number of carboxylic acids is 1. The Hall–Kier alpha value is -3.65. The Labute approximate surface area is 211 Å². The lowest BCUT2D eigenvalue weighted by atomic mass is 9.98. The third-order valence-electron chi connectivity index (χ3n) is 6.04. The highest BCUT2D eigenvalue weighted by Gasteiger charge is 2.30. The molecule has 1 atom stereocenters. The largest absolute Gasteiger partial charge is 0.478 e. The smallest absolute Gasteiger partial charge is 0.407 e. The van der Waals surface area contributed by atoms with Crippen molar-refractivity contribution in [2.24, 2.45) is 5.92 Å². The summed E-state index contributed by atoms with van der Waals surface area (Å²) in [5.74, 6) is -2.07. The predicted molar refractivity (Wildman–Crippen MR) is 137 cm³/mol. The Morgan fingerprint density at radius 3 is 2.14 bits per heavy atom. The van der Waals surface area contributed by atoms with Crippen LogP contribution in [-0.2, 0) is 9.53 Å². The Morgan fingerprint density at radius 2 is 1.57 bits per heavy atom. The van der Waals surface area contributed by atoms with E-state index in [0.717, 1.165) is 22.3 Å². The summed E-state index contributed by atoms with van der Waals surface area (Å²) in [4.78, 5) is 37.2. The molecule has 0 bridgehead atoms. The number of fused-ring (bicyclic) bond motifs is 3. The van der Waals surface area contributed by atoms with Gasteiger partial charge in [0.25, 0.3) is 0 Å². The number of hydrogen-bond donors (Lipinski definition) is 3. The SMILES string of the molecule is CC(C)[C@@H](NC(=O)OCC1c2ccccc2-c2ccccc21)C(=O)Nc1cc(Br)ccc1C(=O)O. The molecule has 7 nitrogen and oxygen atoms in total. The van der Waals surface area contributed by atoms with Crippen LogP contribution in [0.2, 0.25) is 0 Å². The van der Waals surface area contributed by atoms with E-state index < -0.39 is 24.0 Å². The van der Waals surface area contributed by atoms with Crippen LogP contribution >= 0.6 is 15.9 Å². The number of aromatic carboxylic acids is 1. The van der Waals surface area contributed by atoms with Gasteiger partial charge in [0.05, 0.1) is 11.3 Å². The second kappa shape index (κ2) is 10.3. The number of nitrogens with one attached hydrogen (secondary N) is 2. The molecule has 0 unspecified atom stereocenters. The highest BCUT2D eigenvalue weighted by Crippen LogP contribution is 2.44. The summed E-state index contributed by atoms with van der Waals surface area (Å²) in [5.41, 5.74) is 4.52. The molecule has 0 spiro atoms. The Balaban J connectivity index is 1.45. The molecule has 3 N–H and O–H groups in total. The molecule has 4 rings (SSSR count). The first-order chi connectivity index (χ1) is 16.8. The van der Waals surface area contributed by atoms with Gasteiger partial charge in [-0.15, -0.1) is 0 Å². The average molecular weight is 537 g/mol. The molecule has 0 saturated carbocycles. The van der Waals surface area contributed by atoms with Gasteiger partial charge in [-0.2, -0.15) is 0 Å². The Kier molecular flexibility index (Phi) is 7.21. The number of carbonyl (C=O) groups excluding carboxylic acids is 2. The summed E-state index contributed by atoms with van der Waals surface area (Å²) in [6.07, 6.45) is -0.714. The maximum atomic E-state index is 13.0. The topological polar surface area (TPSA) is 105 Å². The maximum Gasteiger partial charge on any atom is 0.407 e. The lowest BCUT2D eigenvalue weighted by Crippen LogP contribution is -2.47. The molecule has 8 heteroatoms. The summed E-state index contributed by atoms with van der Waals surface area (Å²) >= 11 is 3.28. The number of benzene rings is 3. The van der Waals surface area contributed by atoms with E-state index in [2.05, 4.69) is 38.7 Å². The molecule has 0 saturated heterocycles. The van der Waals surface area contributed by atoms with Crippen molar-refractivity contribution in [1.82, 2.24) is 5.32 Å². The van der Waals surface area contributed by atoms with Gasteiger partial charge in [0, 0.05) is 10.4 Å². The minimum absolute atomic E-state index is 0.0507. The van der Waals surface area contributed by atoms with Gasteiger partial charge in [0.2, 0.25) is 5.91 Å². The van der Waals surface area contributed by atoms with Crippen molar-refractivity contribution in [2.75, 3.05) is 11.9 Å². The number of halogens is 1. The summed E-state index contributed by atoms with van der Waals surface area (Å²) in [5, 5.41) is 14.7. The molecule has 0 aromatic heterocycles. The van der Waals surface area contributed by atoms with Crippen molar-refractivity contribution in [3.63, 3.8) is 0 Å². The first-order valence-electron chi connectivity index (χ1n) is 11.2. The van der Waals surface area contributed by atoms with Crippen LogP contribution in [0.4, 0.5) is 10.5 Å². The van der Waals surface area contributed by atoms with Gasteiger partial charge in [0.1, 0.15) is 12.6 Å². The lowest BCUT2D eigenvalue weighted by Gasteiger charge is -2.22. The minimum Gasteiger partial charge on any atom is -0.478 e. The van der Waals surface area contributed by atoms with Gasteiger partial charge in [0.15, 0.2) is 0 Å². The summed E-state index contributed by atoms with van der Waals surface area (Å²) in [6, 6.07) is 19.6. The fraction of sp³-hybridized carbons (Fsp3) is 0.222. The highest BCUT2D eigenvalue weighted by molar-refractivity contribution is 9.10. The number of amides is 2. The van der Waals surface area contributed by atoms with Crippen molar-refractivity contribution >= 4 is 39.6 Å². The number of rotatable bonds is 7. The zero-order valence-electron chi connectivity index (χ0n) is 19.2. The van der Waals surface area contributed by atoms with Crippen LogP contribution in [-0.4, -0.2) is 35.7 Å². The molecule has 2 amide bonds. The van der Waals surface area contributed by atoms with E-state index in [4.69, 9.17) is 4.74 Å². The van der Waals surface area contributed by atoms with Crippen LogP contribution in [0.25, 0.3) is 11.1 Å².